The van der Waals surface area contributed by atoms with Gasteiger partial charge in [0.05, 0.1) is 0 Å². The molecule has 0 bridgehead atoms. The number of aryl methyl sites for hydroxylation is 1. The first-order valence-corrected chi connectivity index (χ1v) is 14.5. The van der Waals surface area contributed by atoms with E-state index in [9.17, 15) is 0 Å². The normalized spacial score (nSPS) is 12.8. The van der Waals surface area contributed by atoms with Gasteiger partial charge in [-0.1, -0.05) is 121 Å². The fraction of sp³-hybridized carbons (Fsp3) is 0.0526. The fourth-order valence-corrected chi connectivity index (χ4v) is 7.51. The third-order valence-electron chi connectivity index (χ3n) is 8.13. The van der Waals surface area contributed by atoms with Crippen LogP contribution in [0.15, 0.2) is 127 Å². The van der Waals surface area contributed by atoms with Crippen molar-refractivity contribution in [3.8, 4) is 33.4 Å². The molecule has 184 valence electrons. The molecule has 0 saturated heterocycles. The minimum Gasteiger partial charge on any atom is -0.140 e. The Morgan fingerprint density at radius 3 is 1.67 bits per heavy atom. The molecular formula is C38H26S. The van der Waals surface area contributed by atoms with Crippen molar-refractivity contribution in [2.75, 3.05) is 0 Å². The van der Waals surface area contributed by atoms with Gasteiger partial charge in [0.25, 0.3) is 0 Å². The van der Waals surface area contributed by atoms with Crippen molar-refractivity contribution in [2.45, 2.75) is 12.8 Å². The SMILES string of the molecule is C1=Cc2c(sc3ccc(-c4c5ccccc5c(-c5ccc(-c6ccccc6)cc5)c5ccccc45)cc23)CC1. The number of hydrogen-bond acceptors (Lipinski definition) is 1. The summed E-state index contributed by atoms with van der Waals surface area (Å²) in [5, 5.41) is 6.59. The monoisotopic (exact) mass is 514 g/mol. The van der Waals surface area contributed by atoms with Crippen LogP contribution in [0.5, 0.6) is 0 Å². The Hall–Kier alpha value is -4.46. The van der Waals surface area contributed by atoms with Crippen LogP contribution in [0, 0.1) is 0 Å². The summed E-state index contributed by atoms with van der Waals surface area (Å²) >= 11 is 1.96. The van der Waals surface area contributed by atoms with Crippen molar-refractivity contribution < 1.29 is 0 Å². The van der Waals surface area contributed by atoms with Gasteiger partial charge in [0, 0.05) is 15.0 Å². The maximum atomic E-state index is 2.43. The van der Waals surface area contributed by atoms with E-state index in [-0.39, 0.29) is 0 Å². The summed E-state index contributed by atoms with van der Waals surface area (Å²) in [6.07, 6.45) is 6.96. The summed E-state index contributed by atoms with van der Waals surface area (Å²) in [6.45, 7) is 0. The first-order chi connectivity index (χ1) is 19.3. The second kappa shape index (κ2) is 9.08. The molecule has 0 fully saturated rings. The Bertz CT molecular complexity index is 1980. The minimum atomic E-state index is 1.15. The fourth-order valence-electron chi connectivity index (χ4n) is 6.32. The van der Waals surface area contributed by atoms with Gasteiger partial charge in [0.1, 0.15) is 0 Å². The molecule has 1 aliphatic carbocycles. The third-order valence-corrected chi connectivity index (χ3v) is 9.37. The molecule has 7 aromatic rings. The zero-order chi connectivity index (χ0) is 25.8. The van der Waals surface area contributed by atoms with Crippen LogP contribution in [-0.4, -0.2) is 0 Å². The summed E-state index contributed by atoms with van der Waals surface area (Å²) in [7, 11) is 0. The van der Waals surface area contributed by atoms with Gasteiger partial charge in [0.2, 0.25) is 0 Å². The van der Waals surface area contributed by atoms with E-state index >= 15 is 0 Å². The highest BCUT2D eigenvalue weighted by molar-refractivity contribution is 7.19. The van der Waals surface area contributed by atoms with Gasteiger partial charge < -0.3 is 0 Å². The van der Waals surface area contributed by atoms with Gasteiger partial charge in [-0.3, -0.25) is 0 Å². The maximum absolute atomic E-state index is 2.43. The highest BCUT2D eigenvalue weighted by Gasteiger charge is 2.18. The van der Waals surface area contributed by atoms with E-state index in [1.54, 1.807) is 0 Å². The molecule has 0 nitrogen and oxygen atoms in total. The van der Waals surface area contributed by atoms with Gasteiger partial charge >= 0.3 is 0 Å². The molecule has 0 unspecified atom stereocenters. The predicted molar refractivity (Wildman–Crippen MR) is 170 cm³/mol. The molecule has 0 amide bonds. The Morgan fingerprint density at radius 2 is 1.00 bits per heavy atom. The summed E-state index contributed by atoms with van der Waals surface area (Å²) < 4.78 is 1.39. The summed E-state index contributed by atoms with van der Waals surface area (Å²) in [5.74, 6) is 0. The summed E-state index contributed by atoms with van der Waals surface area (Å²) in [6, 6.07) is 44.7. The van der Waals surface area contributed by atoms with Crippen LogP contribution in [0.4, 0.5) is 0 Å². The van der Waals surface area contributed by atoms with Crippen molar-refractivity contribution in [3.05, 3.63) is 138 Å². The van der Waals surface area contributed by atoms with E-state index < -0.39 is 0 Å². The van der Waals surface area contributed by atoms with Crippen molar-refractivity contribution >= 4 is 49.0 Å². The Balaban J connectivity index is 1.38. The average Bonchev–Trinajstić information content (AvgIpc) is 3.38. The molecule has 0 saturated carbocycles. The van der Waals surface area contributed by atoms with Gasteiger partial charge in [-0.25, -0.2) is 0 Å². The van der Waals surface area contributed by atoms with Crippen LogP contribution in [0.3, 0.4) is 0 Å². The number of allylic oxidation sites excluding steroid dienone is 1. The lowest BCUT2D eigenvalue weighted by Gasteiger charge is -2.18. The zero-order valence-electron chi connectivity index (χ0n) is 21.5. The lowest BCUT2D eigenvalue weighted by atomic mass is 9.85. The second-order valence-corrected chi connectivity index (χ2v) is 11.5. The van der Waals surface area contributed by atoms with Gasteiger partial charge in [-0.2, -0.15) is 0 Å². The van der Waals surface area contributed by atoms with Crippen molar-refractivity contribution in [2.24, 2.45) is 0 Å². The average molecular weight is 515 g/mol. The number of fused-ring (bicyclic) bond motifs is 5. The van der Waals surface area contributed by atoms with Crippen LogP contribution in [-0.2, 0) is 6.42 Å². The Morgan fingerprint density at radius 1 is 0.462 bits per heavy atom. The molecule has 8 rings (SSSR count). The first kappa shape index (κ1) is 22.5. The van der Waals surface area contributed by atoms with E-state index in [2.05, 4.69) is 133 Å². The quantitative estimate of drug-likeness (QED) is 0.206. The minimum absolute atomic E-state index is 1.15. The first-order valence-electron chi connectivity index (χ1n) is 13.7. The van der Waals surface area contributed by atoms with Crippen molar-refractivity contribution in [3.63, 3.8) is 0 Å². The molecular weight excluding hydrogens is 488 g/mol. The molecule has 0 atom stereocenters. The highest BCUT2D eigenvalue weighted by Crippen LogP contribution is 2.45. The molecule has 6 aromatic carbocycles. The summed E-state index contributed by atoms with van der Waals surface area (Å²) in [5.41, 5.74) is 9.09. The standard InChI is InChI=1S/C38H26S/c1-2-10-25(11-3-1)26-18-20-27(21-19-26)37-30-13-4-6-15-32(30)38(33-16-7-5-14-31(33)37)28-22-23-36-34(24-28)29-12-8-9-17-35(29)39-36/h1-8,10-16,18-24H,9,17H2. The number of hydrogen-bond donors (Lipinski definition) is 0. The molecule has 1 heteroatoms. The maximum Gasteiger partial charge on any atom is 0.0352 e. The van der Waals surface area contributed by atoms with Crippen molar-refractivity contribution in [1.29, 1.82) is 0 Å². The van der Waals surface area contributed by atoms with E-state index in [4.69, 9.17) is 0 Å². The number of thiophene rings is 1. The molecule has 39 heavy (non-hydrogen) atoms. The molecule has 1 aromatic heterocycles. The van der Waals surface area contributed by atoms with Gasteiger partial charge in [-0.05, 0) is 85.5 Å². The van der Waals surface area contributed by atoms with Crippen molar-refractivity contribution in [1.82, 2.24) is 0 Å². The van der Waals surface area contributed by atoms with Crippen LogP contribution in [0.2, 0.25) is 0 Å². The molecule has 0 N–H and O–H groups in total. The molecule has 1 heterocycles. The molecule has 0 radical (unpaired) electrons. The smallest absolute Gasteiger partial charge is 0.0352 e. The van der Waals surface area contributed by atoms with Crippen LogP contribution in [0.25, 0.3) is 71.1 Å². The molecule has 0 aliphatic heterocycles. The van der Waals surface area contributed by atoms with E-state index in [0.29, 0.717) is 0 Å². The summed E-state index contributed by atoms with van der Waals surface area (Å²) in [4.78, 5) is 1.52. The molecule has 1 aliphatic rings. The lowest BCUT2D eigenvalue weighted by molar-refractivity contribution is 1.02. The number of rotatable bonds is 3. The Kier molecular flexibility index (Phi) is 5.24. The van der Waals surface area contributed by atoms with Gasteiger partial charge in [-0.15, -0.1) is 11.3 Å². The van der Waals surface area contributed by atoms with E-state index in [1.807, 2.05) is 11.3 Å². The topological polar surface area (TPSA) is 0 Å². The zero-order valence-corrected chi connectivity index (χ0v) is 22.3. The van der Waals surface area contributed by atoms with E-state index in [0.717, 1.165) is 12.8 Å². The Labute approximate surface area is 232 Å². The largest absolute Gasteiger partial charge is 0.140 e. The van der Waals surface area contributed by atoms with E-state index in [1.165, 1.54) is 75.5 Å². The van der Waals surface area contributed by atoms with Crippen LogP contribution in [0.1, 0.15) is 16.9 Å². The van der Waals surface area contributed by atoms with Crippen LogP contribution < -0.4 is 0 Å². The predicted octanol–water partition coefficient (Wildman–Crippen LogP) is 11.2. The lowest BCUT2D eigenvalue weighted by Crippen LogP contribution is -1.91. The second-order valence-electron chi connectivity index (χ2n) is 10.4. The van der Waals surface area contributed by atoms with Crippen LogP contribution >= 0.6 is 11.3 Å². The third kappa shape index (κ3) is 3.66. The highest BCUT2D eigenvalue weighted by atomic mass is 32.1. The van der Waals surface area contributed by atoms with Gasteiger partial charge in [0.15, 0.2) is 0 Å². The number of benzene rings is 6. The molecule has 0 spiro atoms.